The molecule has 0 saturated carbocycles. The standard InChI is InChI=1S/C25H52NO2/c1-6-8-9-10-11-12-13-14-15-16-17-18-19-20-21-22-28-25(24-27-7-2)23-26(3,4)5/h13-14,25H,6-12,15-24H2,1-5H3/q+1/b14-13+. The normalized spacial score (nSPS) is 13.5. The molecule has 0 amide bonds. The molecule has 1 atom stereocenters. The first-order chi connectivity index (χ1) is 13.5. The molecule has 168 valence electrons. The van der Waals surface area contributed by atoms with Crippen molar-refractivity contribution in [3.05, 3.63) is 12.2 Å². The molecule has 0 spiro atoms. The highest BCUT2D eigenvalue weighted by Gasteiger charge is 2.18. The molecule has 0 saturated heterocycles. The third kappa shape index (κ3) is 21.9. The molecular weight excluding hydrogens is 346 g/mol. The number of hydrogen-bond donors (Lipinski definition) is 0. The predicted octanol–water partition coefficient (Wildman–Crippen LogP) is 6.76. The van der Waals surface area contributed by atoms with Crippen LogP contribution < -0.4 is 0 Å². The van der Waals surface area contributed by atoms with Crippen molar-refractivity contribution >= 4 is 0 Å². The van der Waals surface area contributed by atoms with Crippen molar-refractivity contribution in [1.82, 2.24) is 0 Å². The summed E-state index contributed by atoms with van der Waals surface area (Å²) in [6.45, 7) is 7.70. The maximum atomic E-state index is 6.08. The van der Waals surface area contributed by atoms with Crippen LogP contribution in [0.2, 0.25) is 0 Å². The van der Waals surface area contributed by atoms with Gasteiger partial charge in [-0.15, -0.1) is 0 Å². The molecule has 0 heterocycles. The van der Waals surface area contributed by atoms with Crippen molar-refractivity contribution < 1.29 is 14.0 Å². The van der Waals surface area contributed by atoms with Gasteiger partial charge in [-0.1, -0.05) is 70.4 Å². The quantitative estimate of drug-likeness (QED) is 0.121. The van der Waals surface area contributed by atoms with E-state index in [2.05, 4.69) is 40.2 Å². The van der Waals surface area contributed by atoms with Gasteiger partial charge in [0.1, 0.15) is 12.6 Å². The Kier molecular flexibility index (Phi) is 19.6. The van der Waals surface area contributed by atoms with Crippen LogP contribution in [0.15, 0.2) is 12.2 Å². The van der Waals surface area contributed by atoms with Crippen LogP contribution in [0.4, 0.5) is 0 Å². The molecule has 0 fully saturated rings. The highest BCUT2D eigenvalue weighted by atomic mass is 16.5. The smallest absolute Gasteiger partial charge is 0.130 e. The van der Waals surface area contributed by atoms with Gasteiger partial charge in [0.25, 0.3) is 0 Å². The topological polar surface area (TPSA) is 18.5 Å². The predicted molar refractivity (Wildman–Crippen MR) is 124 cm³/mol. The summed E-state index contributed by atoms with van der Waals surface area (Å²) in [5, 5.41) is 0. The molecule has 0 aromatic rings. The fourth-order valence-electron chi connectivity index (χ4n) is 3.44. The highest BCUT2D eigenvalue weighted by molar-refractivity contribution is 4.81. The van der Waals surface area contributed by atoms with E-state index < -0.39 is 0 Å². The van der Waals surface area contributed by atoms with E-state index in [0.717, 1.165) is 30.8 Å². The van der Waals surface area contributed by atoms with Crippen LogP contribution >= 0.6 is 0 Å². The second-order valence-electron chi connectivity index (χ2n) is 9.21. The van der Waals surface area contributed by atoms with Crippen LogP contribution in [-0.2, 0) is 9.47 Å². The van der Waals surface area contributed by atoms with Crippen molar-refractivity contribution in [2.75, 3.05) is 47.5 Å². The first-order valence-electron chi connectivity index (χ1n) is 12.1. The van der Waals surface area contributed by atoms with E-state index in [1.54, 1.807) is 0 Å². The zero-order valence-electron chi connectivity index (χ0n) is 20.0. The van der Waals surface area contributed by atoms with Gasteiger partial charge < -0.3 is 14.0 Å². The second-order valence-corrected chi connectivity index (χ2v) is 9.21. The Morgan fingerprint density at radius 2 is 1.25 bits per heavy atom. The Bertz CT molecular complexity index is 336. The molecule has 0 aromatic heterocycles. The monoisotopic (exact) mass is 398 g/mol. The van der Waals surface area contributed by atoms with Gasteiger partial charge in [-0.2, -0.15) is 0 Å². The molecule has 0 aliphatic heterocycles. The van der Waals surface area contributed by atoms with Crippen LogP contribution in [0.5, 0.6) is 0 Å². The van der Waals surface area contributed by atoms with Gasteiger partial charge in [0.05, 0.1) is 27.7 Å². The Balaban J connectivity index is 3.45. The minimum absolute atomic E-state index is 0.221. The summed E-state index contributed by atoms with van der Waals surface area (Å²) in [7, 11) is 6.64. The van der Waals surface area contributed by atoms with E-state index in [9.17, 15) is 0 Å². The van der Waals surface area contributed by atoms with E-state index >= 15 is 0 Å². The third-order valence-corrected chi connectivity index (χ3v) is 5.02. The van der Waals surface area contributed by atoms with E-state index in [1.807, 2.05) is 6.92 Å². The van der Waals surface area contributed by atoms with Gasteiger partial charge in [-0.05, 0) is 39.0 Å². The molecule has 3 nitrogen and oxygen atoms in total. The van der Waals surface area contributed by atoms with Crippen molar-refractivity contribution in [1.29, 1.82) is 0 Å². The van der Waals surface area contributed by atoms with Crippen molar-refractivity contribution in [3.8, 4) is 0 Å². The molecule has 0 aliphatic rings. The van der Waals surface area contributed by atoms with E-state index in [4.69, 9.17) is 9.47 Å². The maximum absolute atomic E-state index is 6.08. The molecule has 0 aromatic carbocycles. The number of nitrogens with zero attached hydrogens (tertiary/aromatic N) is 1. The number of likely N-dealkylation sites (N-methyl/N-ethyl adjacent to an activating group) is 1. The van der Waals surface area contributed by atoms with Gasteiger partial charge in [0.15, 0.2) is 0 Å². The lowest BCUT2D eigenvalue weighted by Gasteiger charge is -2.29. The fraction of sp³-hybridized carbons (Fsp3) is 0.920. The zero-order chi connectivity index (χ0) is 20.9. The van der Waals surface area contributed by atoms with Gasteiger partial charge in [0, 0.05) is 13.2 Å². The van der Waals surface area contributed by atoms with E-state index in [1.165, 1.54) is 83.5 Å². The fourth-order valence-corrected chi connectivity index (χ4v) is 3.44. The van der Waals surface area contributed by atoms with Crippen LogP contribution in [0.1, 0.15) is 97.3 Å². The Labute approximate surface area is 177 Å². The number of quaternary nitrogens is 1. The summed E-state index contributed by atoms with van der Waals surface area (Å²) < 4.78 is 12.6. The Hall–Kier alpha value is -0.380. The molecule has 0 radical (unpaired) electrons. The number of ether oxygens (including phenoxy) is 2. The van der Waals surface area contributed by atoms with Crippen LogP contribution in [0.3, 0.4) is 0 Å². The van der Waals surface area contributed by atoms with Gasteiger partial charge in [0.2, 0.25) is 0 Å². The minimum atomic E-state index is 0.221. The molecule has 0 N–H and O–H groups in total. The average Bonchev–Trinajstić information content (AvgIpc) is 2.64. The third-order valence-electron chi connectivity index (χ3n) is 5.02. The molecule has 28 heavy (non-hydrogen) atoms. The lowest BCUT2D eigenvalue weighted by atomic mass is 10.1. The second kappa shape index (κ2) is 19.9. The van der Waals surface area contributed by atoms with Gasteiger partial charge >= 0.3 is 0 Å². The van der Waals surface area contributed by atoms with Crippen LogP contribution in [0.25, 0.3) is 0 Å². The number of hydrogen-bond acceptors (Lipinski definition) is 2. The van der Waals surface area contributed by atoms with Crippen LogP contribution in [0, 0.1) is 0 Å². The van der Waals surface area contributed by atoms with Gasteiger partial charge in [-0.25, -0.2) is 0 Å². The van der Waals surface area contributed by atoms with Crippen molar-refractivity contribution in [3.63, 3.8) is 0 Å². The number of unbranched alkanes of at least 4 members (excludes halogenated alkanes) is 11. The summed E-state index contributed by atoms with van der Waals surface area (Å²) in [6.07, 6.45) is 22.4. The lowest BCUT2D eigenvalue weighted by Crippen LogP contribution is -2.44. The zero-order valence-corrected chi connectivity index (χ0v) is 20.0. The summed E-state index contributed by atoms with van der Waals surface area (Å²) in [5.41, 5.74) is 0. The summed E-state index contributed by atoms with van der Waals surface area (Å²) >= 11 is 0. The molecular formula is C25H52NO2+. The highest BCUT2D eigenvalue weighted by Crippen LogP contribution is 2.10. The average molecular weight is 399 g/mol. The van der Waals surface area contributed by atoms with E-state index in [0.29, 0.717) is 0 Å². The number of rotatable bonds is 21. The first kappa shape index (κ1) is 27.6. The molecule has 0 aliphatic carbocycles. The first-order valence-corrected chi connectivity index (χ1v) is 12.1. The Morgan fingerprint density at radius 1 is 0.714 bits per heavy atom. The van der Waals surface area contributed by atoms with Crippen molar-refractivity contribution in [2.45, 2.75) is 103 Å². The summed E-state index contributed by atoms with van der Waals surface area (Å²) in [4.78, 5) is 0. The summed E-state index contributed by atoms with van der Waals surface area (Å²) in [5.74, 6) is 0. The molecule has 1 unspecified atom stereocenters. The molecule has 0 rings (SSSR count). The largest absolute Gasteiger partial charge is 0.379 e. The lowest BCUT2D eigenvalue weighted by molar-refractivity contribution is -0.873. The van der Waals surface area contributed by atoms with Crippen LogP contribution in [-0.4, -0.2) is 58.1 Å². The van der Waals surface area contributed by atoms with Gasteiger partial charge in [-0.3, -0.25) is 0 Å². The molecule has 3 heteroatoms. The summed E-state index contributed by atoms with van der Waals surface area (Å²) in [6, 6.07) is 0. The minimum Gasteiger partial charge on any atom is -0.379 e. The molecule has 0 bridgehead atoms. The van der Waals surface area contributed by atoms with E-state index in [-0.39, 0.29) is 6.10 Å². The SMILES string of the molecule is CCCCCCC/C=C/CCCCCCCCOC(COCC)C[N+](C)(C)C. The Morgan fingerprint density at radius 3 is 1.79 bits per heavy atom. The maximum Gasteiger partial charge on any atom is 0.130 e. The number of allylic oxidation sites excluding steroid dienone is 2. The van der Waals surface area contributed by atoms with Crippen molar-refractivity contribution in [2.24, 2.45) is 0 Å².